The summed E-state index contributed by atoms with van der Waals surface area (Å²) in [5.41, 5.74) is 1.09. The van der Waals surface area contributed by atoms with Gasteiger partial charge in [0.05, 0.1) is 25.5 Å². The number of nitrogens with one attached hydrogen (secondary N) is 2. The van der Waals surface area contributed by atoms with Crippen LogP contribution in [0.3, 0.4) is 0 Å². The van der Waals surface area contributed by atoms with E-state index in [2.05, 4.69) is 10.6 Å². The number of carbonyl (C=O) groups excluding carboxylic acids is 2. The molecule has 0 saturated heterocycles. The van der Waals surface area contributed by atoms with Crippen LogP contribution in [0.25, 0.3) is 0 Å². The molecule has 0 spiro atoms. The van der Waals surface area contributed by atoms with E-state index in [0.29, 0.717) is 11.5 Å². The van der Waals surface area contributed by atoms with Crippen LogP contribution in [-0.4, -0.2) is 32.6 Å². The van der Waals surface area contributed by atoms with Crippen LogP contribution in [0.2, 0.25) is 0 Å². The molecule has 0 heterocycles. The molecular formula is C24H23FN2O5. The highest BCUT2D eigenvalue weighted by atomic mass is 19.1. The lowest BCUT2D eigenvalue weighted by Crippen LogP contribution is -2.25. The Morgan fingerprint density at radius 2 is 1.66 bits per heavy atom. The van der Waals surface area contributed by atoms with Gasteiger partial charge in [-0.05, 0) is 36.4 Å². The van der Waals surface area contributed by atoms with E-state index in [9.17, 15) is 14.0 Å². The molecule has 2 amide bonds. The Hall–Kier alpha value is -4.07. The first-order valence-corrected chi connectivity index (χ1v) is 9.77. The number of rotatable bonds is 9. The summed E-state index contributed by atoms with van der Waals surface area (Å²) in [4.78, 5) is 24.9. The van der Waals surface area contributed by atoms with Crippen LogP contribution < -0.4 is 24.8 Å². The molecule has 2 N–H and O–H groups in total. The number of methoxy groups -OCH3 is 2. The average Bonchev–Trinajstić information content (AvgIpc) is 2.82. The molecule has 3 aromatic carbocycles. The summed E-state index contributed by atoms with van der Waals surface area (Å²) >= 11 is 0. The molecule has 3 aromatic rings. The van der Waals surface area contributed by atoms with E-state index >= 15 is 0 Å². The van der Waals surface area contributed by atoms with Crippen LogP contribution >= 0.6 is 0 Å². The first-order chi connectivity index (χ1) is 15.5. The van der Waals surface area contributed by atoms with Crippen molar-refractivity contribution in [3.05, 3.63) is 83.7 Å². The number of carbonyl (C=O) groups is 2. The van der Waals surface area contributed by atoms with Crippen molar-refractivity contribution in [2.24, 2.45) is 0 Å². The third kappa shape index (κ3) is 5.75. The lowest BCUT2D eigenvalue weighted by atomic mass is 10.1. The summed E-state index contributed by atoms with van der Waals surface area (Å²) in [6, 6.07) is 17.7. The SMILES string of the molecule is COc1ccc(CNC(=O)c2ccccc2OCC(=O)Nc2ccccc2F)c(OC)c1. The summed E-state index contributed by atoms with van der Waals surface area (Å²) in [6.45, 7) is -0.168. The number of hydrogen-bond acceptors (Lipinski definition) is 5. The van der Waals surface area contributed by atoms with Crippen molar-refractivity contribution in [1.29, 1.82) is 0 Å². The molecule has 0 unspecified atom stereocenters. The summed E-state index contributed by atoms with van der Waals surface area (Å²) in [5.74, 6) is -0.0189. The zero-order valence-electron chi connectivity index (χ0n) is 17.7. The maximum atomic E-state index is 13.7. The fraction of sp³-hybridized carbons (Fsp3) is 0.167. The highest BCUT2D eigenvalue weighted by molar-refractivity contribution is 5.97. The molecule has 0 bridgehead atoms. The Morgan fingerprint density at radius 3 is 2.41 bits per heavy atom. The second-order valence-electron chi connectivity index (χ2n) is 6.67. The summed E-state index contributed by atoms with van der Waals surface area (Å²) in [6.07, 6.45) is 0. The van der Waals surface area contributed by atoms with Gasteiger partial charge in [-0.2, -0.15) is 0 Å². The largest absolute Gasteiger partial charge is 0.497 e. The van der Waals surface area contributed by atoms with Gasteiger partial charge in [-0.15, -0.1) is 0 Å². The molecule has 3 rings (SSSR count). The van der Waals surface area contributed by atoms with Crippen LogP contribution in [0.15, 0.2) is 66.7 Å². The minimum Gasteiger partial charge on any atom is -0.497 e. The second-order valence-corrected chi connectivity index (χ2v) is 6.67. The number of amides is 2. The molecule has 0 aromatic heterocycles. The van der Waals surface area contributed by atoms with Crippen molar-refractivity contribution in [3.63, 3.8) is 0 Å². The maximum absolute atomic E-state index is 13.7. The van der Waals surface area contributed by atoms with Gasteiger partial charge in [-0.1, -0.05) is 24.3 Å². The van der Waals surface area contributed by atoms with Crippen LogP contribution in [0.1, 0.15) is 15.9 Å². The Kier molecular flexibility index (Phi) is 7.64. The summed E-state index contributed by atoms with van der Waals surface area (Å²) in [5, 5.41) is 5.25. The van der Waals surface area contributed by atoms with Crippen LogP contribution in [0.4, 0.5) is 10.1 Å². The Morgan fingerprint density at radius 1 is 0.906 bits per heavy atom. The van der Waals surface area contributed by atoms with E-state index in [-0.39, 0.29) is 36.1 Å². The van der Waals surface area contributed by atoms with Gasteiger partial charge in [0.15, 0.2) is 6.61 Å². The number of ether oxygens (including phenoxy) is 3. The molecule has 0 radical (unpaired) electrons. The Balaban J connectivity index is 1.62. The Bertz CT molecular complexity index is 1100. The van der Waals surface area contributed by atoms with Crippen LogP contribution in [0, 0.1) is 5.82 Å². The smallest absolute Gasteiger partial charge is 0.262 e. The minimum atomic E-state index is -0.548. The van der Waals surface area contributed by atoms with E-state index in [1.54, 1.807) is 55.6 Å². The molecule has 32 heavy (non-hydrogen) atoms. The first-order valence-electron chi connectivity index (χ1n) is 9.77. The van der Waals surface area contributed by atoms with Gasteiger partial charge >= 0.3 is 0 Å². The van der Waals surface area contributed by atoms with E-state index in [1.165, 1.54) is 25.3 Å². The van der Waals surface area contributed by atoms with E-state index in [4.69, 9.17) is 14.2 Å². The average molecular weight is 438 g/mol. The predicted octanol–water partition coefficient (Wildman–Crippen LogP) is 3.79. The fourth-order valence-electron chi connectivity index (χ4n) is 2.94. The van der Waals surface area contributed by atoms with E-state index in [0.717, 1.165) is 5.56 Å². The molecule has 0 atom stereocenters. The van der Waals surface area contributed by atoms with Gasteiger partial charge in [0.1, 0.15) is 23.1 Å². The summed E-state index contributed by atoms with van der Waals surface area (Å²) < 4.78 is 29.7. The second kappa shape index (κ2) is 10.8. The van der Waals surface area contributed by atoms with Crippen LogP contribution in [0.5, 0.6) is 17.2 Å². The molecule has 8 heteroatoms. The predicted molar refractivity (Wildman–Crippen MR) is 118 cm³/mol. The third-order valence-corrected chi connectivity index (χ3v) is 4.57. The monoisotopic (exact) mass is 438 g/mol. The third-order valence-electron chi connectivity index (χ3n) is 4.57. The molecule has 7 nitrogen and oxygen atoms in total. The molecule has 0 aliphatic rings. The number of anilines is 1. The van der Waals surface area contributed by atoms with Crippen LogP contribution in [-0.2, 0) is 11.3 Å². The lowest BCUT2D eigenvalue weighted by Gasteiger charge is -2.14. The highest BCUT2D eigenvalue weighted by Gasteiger charge is 2.15. The quantitative estimate of drug-likeness (QED) is 0.531. The van der Waals surface area contributed by atoms with E-state index < -0.39 is 11.7 Å². The standard InChI is InChI=1S/C24H23FN2O5/c1-30-17-12-11-16(22(13-17)31-2)14-26-24(29)18-7-3-6-10-21(18)32-15-23(28)27-20-9-5-4-8-19(20)25/h3-13H,14-15H2,1-2H3,(H,26,29)(H,27,28). The van der Waals surface area contributed by atoms with Gasteiger partial charge in [0.2, 0.25) is 0 Å². The number of benzene rings is 3. The van der Waals surface area contributed by atoms with Crippen molar-refractivity contribution in [1.82, 2.24) is 5.32 Å². The molecular weight excluding hydrogens is 415 g/mol. The molecule has 0 aliphatic carbocycles. The zero-order chi connectivity index (χ0) is 22.9. The summed E-state index contributed by atoms with van der Waals surface area (Å²) in [7, 11) is 3.10. The van der Waals surface area contributed by atoms with Gasteiger partial charge < -0.3 is 24.8 Å². The Labute approximate surface area is 185 Å². The maximum Gasteiger partial charge on any atom is 0.262 e. The highest BCUT2D eigenvalue weighted by Crippen LogP contribution is 2.25. The van der Waals surface area contributed by atoms with Crippen molar-refractivity contribution >= 4 is 17.5 Å². The van der Waals surface area contributed by atoms with Crippen molar-refractivity contribution in [2.45, 2.75) is 6.54 Å². The number of para-hydroxylation sites is 2. The van der Waals surface area contributed by atoms with Gasteiger partial charge in [-0.3, -0.25) is 9.59 Å². The molecule has 0 fully saturated rings. The minimum absolute atomic E-state index is 0.0561. The normalized spacial score (nSPS) is 10.2. The number of hydrogen-bond donors (Lipinski definition) is 2. The topological polar surface area (TPSA) is 85.9 Å². The van der Waals surface area contributed by atoms with Gasteiger partial charge in [0.25, 0.3) is 11.8 Å². The molecule has 0 saturated carbocycles. The first kappa shape index (κ1) is 22.6. The fourth-order valence-corrected chi connectivity index (χ4v) is 2.94. The van der Waals surface area contributed by atoms with Crippen molar-refractivity contribution < 1.29 is 28.2 Å². The zero-order valence-corrected chi connectivity index (χ0v) is 17.7. The van der Waals surface area contributed by atoms with Crippen molar-refractivity contribution in [3.8, 4) is 17.2 Å². The lowest BCUT2D eigenvalue weighted by molar-refractivity contribution is -0.118. The van der Waals surface area contributed by atoms with E-state index in [1.807, 2.05) is 0 Å². The van der Waals surface area contributed by atoms with Crippen molar-refractivity contribution in [2.75, 3.05) is 26.1 Å². The number of halogens is 1. The van der Waals surface area contributed by atoms with Gasteiger partial charge in [-0.25, -0.2) is 4.39 Å². The van der Waals surface area contributed by atoms with Gasteiger partial charge in [0, 0.05) is 18.2 Å². The molecule has 166 valence electrons. The molecule has 0 aliphatic heterocycles.